The van der Waals surface area contributed by atoms with Gasteiger partial charge < -0.3 is 22.1 Å². The van der Waals surface area contributed by atoms with Crippen LogP contribution in [0.4, 0.5) is 5.82 Å². The minimum Gasteiger partial charge on any atom is -0.370 e. The average molecular weight is 466 g/mol. The van der Waals surface area contributed by atoms with Crippen LogP contribution < -0.4 is 22.1 Å². The van der Waals surface area contributed by atoms with E-state index < -0.39 is 0 Å². The van der Waals surface area contributed by atoms with E-state index in [0.29, 0.717) is 22.9 Å². The standard InChI is InChI=1S/C24H28ClN7O/c1-14-6-11-18-17(12-14)21(30-19-4-2-3-5-20(19)31-24(26)27)32-22(29-18)23(33)28-13-15-7-9-16(25)10-8-15/h6-12,19-20H,2-5,13H2,1H3,(H,28,33)(H4,26,27,31)(H,29,30,32). The van der Waals surface area contributed by atoms with Crippen LogP contribution in [0.5, 0.6) is 0 Å². The molecule has 0 radical (unpaired) electrons. The van der Waals surface area contributed by atoms with Crippen LogP contribution in [0, 0.1) is 6.92 Å². The molecule has 172 valence electrons. The highest BCUT2D eigenvalue weighted by atomic mass is 35.5. The maximum atomic E-state index is 12.9. The van der Waals surface area contributed by atoms with E-state index in [2.05, 4.69) is 25.6 Å². The van der Waals surface area contributed by atoms with E-state index in [-0.39, 0.29) is 29.8 Å². The number of amides is 1. The highest BCUT2D eigenvalue weighted by Gasteiger charge is 2.26. The van der Waals surface area contributed by atoms with Crippen molar-refractivity contribution < 1.29 is 4.79 Å². The molecule has 1 aliphatic rings. The summed E-state index contributed by atoms with van der Waals surface area (Å²) < 4.78 is 0. The average Bonchev–Trinajstić information content (AvgIpc) is 2.79. The number of nitrogens with one attached hydrogen (secondary N) is 2. The van der Waals surface area contributed by atoms with E-state index in [9.17, 15) is 4.79 Å². The van der Waals surface area contributed by atoms with Crippen molar-refractivity contribution in [1.82, 2.24) is 15.3 Å². The first kappa shape index (κ1) is 22.8. The second-order valence-corrected chi connectivity index (χ2v) is 8.82. The number of carbonyl (C=O) groups is 1. The van der Waals surface area contributed by atoms with Gasteiger partial charge in [-0.3, -0.25) is 4.79 Å². The number of guanidine groups is 1. The van der Waals surface area contributed by atoms with E-state index in [1.54, 1.807) is 12.1 Å². The molecule has 1 amide bonds. The number of aryl methyl sites for hydroxylation is 1. The summed E-state index contributed by atoms with van der Waals surface area (Å²) in [6, 6.07) is 13.2. The van der Waals surface area contributed by atoms with E-state index in [0.717, 1.165) is 42.2 Å². The van der Waals surface area contributed by atoms with Crippen LogP contribution in [-0.4, -0.2) is 33.9 Å². The monoisotopic (exact) mass is 465 g/mol. The molecule has 1 saturated carbocycles. The molecule has 2 unspecified atom stereocenters. The summed E-state index contributed by atoms with van der Waals surface area (Å²) in [5.41, 5.74) is 14.0. The fourth-order valence-corrected chi connectivity index (χ4v) is 4.24. The molecule has 1 fully saturated rings. The topological polar surface area (TPSA) is 131 Å². The number of hydrogen-bond acceptors (Lipinski definition) is 5. The molecule has 0 spiro atoms. The lowest BCUT2D eigenvalue weighted by molar-refractivity contribution is 0.0941. The number of aromatic nitrogens is 2. The number of benzene rings is 2. The molecule has 1 aromatic heterocycles. The van der Waals surface area contributed by atoms with Gasteiger partial charge in [0.2, 0.25) is 5.82 Å². The van der Waals surface area contributed by atoms with E-state index in [1.807, 2.05) is 37.3 Å². The number of rotatable bonds is 6. The second kappa shape index (κ2) is 10.0. The summed E-state index contributed by atoms with van der Waals surface area (Å²) in [7, 11) is 0. The first-order valence-corrected chi connectivity index (χ1v) is 11.4. The number of hydrogen-bond donors (Lipinski definition) is 4. The van der Waals surface area contributed by atoms with E-state index in [4.69, 9.17) is 23.1 Å². The third-order valence-corrected chi connectivity index (χ3v) is 6.04. The molecule has 6 N–H and O–H groups in total. The van der Waals surface area contributed by atoms with Crippen molar-refractivity contribution in [1.29, 1.82) is 0 Å². The summed E-state index contributed by atoms with van der Waals surface area (Å²) in [5, 5.41) is 7.91. The molecule has 0 aliphatic heterocycles. The molecule has 2 aromatic carbocycles. The minimum atomic E-state index is -0.347. The molecule has 0 saturated heterocycles. The van der Waals surface area contributed by atoms with E-state index >= 15 is 0 Å². The first-order valence-electron chi connectivity index (χ1n) is 11.1. The van der Waals surface area contributed by atoms with Crippen molar-refractivity contribution in [3.63, 3.8) is 0 Å². The van der Waals surface area contributed by atoms with Crippen LogP contribution in [-0.2, 0) is 6.54 Å². The molecule has 3 aromatic rings. The Hall–Kier alpha value is -3.39. The van der Waals surface area contributed by atoms with E-state index in [1.165, 1.54) is 0 Å². The van der Waals surface area contributed by atoms with Gasteiger partial charge in [-0.2, -0.15) is 0 Å². The van der Waals surface area contributed by atoms with Crippen molar-refractivity contribution in [2.45, 2.75) is 51.2 Å². The Bertz CT molecular complexity index is 1180. The summed E-state index contributed by atoms with van der Waals surface area (Å²) in [6.07, 6.45) is 3.95. The molecule has 33 heavy (non-hydrogen) atoms. The Balaban J connectivity index is 1.62. The van der Waals surface area contributed by atoms with Crippen LogP contribution in [0.15, 0.2) is 47.5 Å². The van der Waals surface area contributed by atoms with Gasteiger partial charge in [-0.25, -0.2) is 15.0 Å². The number of carbonyl (C=O) groups excluding carboxylic acids is 1. The summed E-state index contributed by atoms with van der Waals surface area (Å²) in [6.45, 7) is 2.36. The fourth-order valence-electron chi connectivity index (χ4n) is 4.12. The number of anilines is 1. The van der Waals surface area contributed by atoms with Crippen molar-refractivity contribution in [3.05, 3.63) is 64.4 Å². The molecule has 0 bridgehead atoms. The molecule has 2 atom stereocenters. The number of aliphatic imine (C=N–C) groups is 1. The highest BCUT2D eigenvalue weighted by Crippen LogP contribution is 2.28. The van der Waals surface area contributed by atoms with Crippen molar-refractivity contribution in [2.75, 3.05) is 5.32 Å². The number of halogens is 1. The molecule has 8 nitrogen and oxygen atoms in total. The fraction of sp³-hybridized carbons (Fsp3) is 0.333. The van der Waals surface area contributed by atoms with Crippen LogP contribution in [0.3, 0.4) is 0 Å². The lowest BCUT2D eigenvalue weighted by atomic mass is 9.90. The summed E-state index contributed by atoms with van der Waals surface area (Å²) >= 11 is 5.94. The van der Waals surface area contributed by atoms with Crippen LogP contribution in [0.25, 0.3) is 10.9 Å². The van der Waals surface area contributed by atoms with Gasteiger partial charge in [0.15, 0.2) is 5.96 Å². The van der Waals surface area contributed by atoms with Gasteiger partial charge in [0, 0.05) is 17.0 Å². The molecular formula is C24H28ClN7O. The number of nitrogens with two attached hydrogens (primary N) is 2. The molecule has 1 heterocycles. The van der Waals surface area contributed by atoms with Gasteiger partial charge in [-0.05, 0) is 49.6 Å². The second-order valence-electron chi connectivity index (χ2n) is 8.38. The Labute approximate surface area is 197 Å². The van der Waals surface area contributed by atoms with Crippen molar-refractivity contribution in [3.8, 4) is 0 Å². The number of fused-ring (bicyclic) bond motifs is 1. The Kier molecular flexibility index (Phi) is 6.93. The SMILES string of the molecule is Cc1ccc2nc(C(=O)NCc3ccc(Cl)cc3)nc(NC3CCCCC3N=C(N)N)c2c1. The van der Waals surface area contributed by atoms with Crippen molar-refractivity contribution in [2.24, 2.45) is 16.5 Å². The number of nitrogens with zero attached hydrogens (tertiary/aromatic N) is 3. The minimum absolute atomic E-state index is 0.0180. The predicted molar refractivity (Wildman–Crippen MR) is 132 cm³/mol. The zero-order valence-corrected chi connectivity index (χ0v) is 19.3. The first-order chi connectivity index (χ1) is 15.9. The normalized spacial score (nSPS) is 18.0. The summed E-state index contributed by atoms with van der Waals surface area (Å²) in [4.78, 5) is 26.4. The molecule has 4 rings (SSSR count). The van der Waals surface area contributed by atoms with Gasteiger partial charge in [0.1, 0.15) is 5.82 Å². The molecular weight excluding hydrogens is 438 g/mol. The van der Waals surface area contributed by atoms with Gasteiger partial charge in [-0.15, -0.1) is 0 Å². The lowest BCUT2D eigenvalue weighted by Crippen LogP contribution is -2.38. The van der Waals surface area contributed by atoms with Gasteiger partial charge in [0.25, 0.3) is 5.91 Å². The largest absolute Gasteiger partial charge is 0.370 e. The third kappa shape index (κ3) is 5.70. The predicted octanol–water partition coefficient (Wildman–Crippen LogP) is 3.52. The zero-order chi connectivity index (χ0) is 23.4. The Morgan fingerprint density at radius 1 is 1.12 bits per heavy atom. The third-order valence-electron chi connectivity index (χ3n) is 5.79. The maximum Gasteiger partial charge on any atom is 0.289 e. The van der Waals surface area contributed by atoms with Gasteiger partial charge in [-0.1, -0.05) is 48.2 Å². The zero-order valence-electron chi connectivity index (χ0n) is 18.5. The Morgan fingerprint density at radius 2 is 1.88 bits per heavy atom. The molecule has 1 aliphatic carbocycles. The highest BCUT2D eigenvalue weighted by molar-refractivity contribution is 6.30. The quantitative estimate of drug-likeness (QED) is 0.325. The van der Waals surface area contributed by atoms with Gasteiger partial charge in [0.05, 0.1) is 17.6 Å². The Morgan fingerprint density at radius 3 is 2.64 bits per heavy atom. The lowest BCUT2D eigenvalue weighted by Gasteiger charge is -2.30. The maximum absolute atomic E-state index is 12.9. The molecule has 9 heteroatoms. The van der Waals surface area contributed by atoms with Gasteiger partial charge >= 0.3 is 0 Å². The van der Waals surface area contributed by atoms with Crippen LogP contribution >= 0.6 is 11.6 Å². The smallest absolute Gasteiger partial charge is 0.289 e. The summed E-state index contributed by atoms with van der Waals surface area (Å²) in [5.74, 6) is 0.458. The van der Waals surface area contributed by atoms with Crippen molar-refractivity contribution >= 4 is 40.2 Å². The van der Waals surface area contributed by atoms with Crippen LogP contribution in [0.2, 0.25) is 5.02 Å². The van der Waals surface area contributed by atoms with Crippen LogP contribution in [0.1, 0.15) is 47.4 Å².